The number of hydrogen-bond acceptors (Lipinski definition) is 4. The number of benzene rings is 1. The molecule has 4 rings (SSSR count). The van der Waals surface area contributed by atoms with E-state index in [0.29, 0.717) is 6.04 Å². The molecule has 2 fully saturated rings. The molecule has 2 aliphatic rings. The van der Waals surface area contributed by atoms with Crippen molar-refractivity contribution in [1.82, 2.24) is 30.1 Å². The van der Waals surface area contributed by atoms with Crippen LogP contribution in [-0.2, 0) is 6.54 Å². The summed E-state index contributed by atoms with van der Waals surface area (Å²) in [5, 5.41) is 11.8. The zero-order valence-electron chi connectivity index (χ0n) is 13.6. The third-order valence-corrected chi connectivity index (χ3v) is 4.72. The maximum absolute atomic E-state index is 11.9. The second-order valence-electron chi connectivity index (χ2n) is 6.42. The minimum atomic E-state index is 0.0804. The monoisotopic (exact) mass is 326 g/mol. The quantitative estimate of drug-likeness (QED) is 0.918. The SMILES string of the molecule is O=C1NCCN1[C@@H]1CCCN(Cc2cnn(-c3ccccc3)n2)C1. The normalized spacial score (nSPS) is 21.9. The van der Waals surface area contributed by atoms with Gasteiger partial charge in [-0.25, -0.2) is 4.79 Å². The highest BCUT2D eigenvalue weighted by Crippen LogP contribution is 2.19. The van der Waals surface area contributed by atoms with Crippen molar-refractivity contribution in [3.05, 3.63) is 42.2 Å². The zero-order chi connectivity index (χ0) is 16.4. The smallest absolute Gasteiger partial charge is 0.317 e. The Bertz CT molecular complexity index is 700. The number of urea groups is 1. The third-order valence-electron chi connectivity index (χ3n) is 4.72. The van der Waals surface area contributed by atoms with Crippen molar-refractivity contribution >= 4 is 6.03 Å². The fourth-order valence-electron chi connectivity index (χ4n) is 3.55. The van der Waals surface area contributed by atoms with Gasteiger partial charge in [0.15, 0.2) is 0 Å². The number of hydrogen-bond donors (Lipinski definition) is 1. The van der Waals surface area contributed by atoms with Crippen LogP contribution in [0.5, 0.6) is 0 Å². The van der Waals surface area contributed by atoms with Gasteiger partial charge in [0.2, 0.25) is 0 Å². The summed E-state index contributed by atoms with van der Waals surface area (Å²) < 4.78 is 0. The van der Waals surface area contributed by atoms with Crippen LogP contribution in [0.3, 0.4) is 0 Å². The molecular weight excluding hydrogens is 304 g/mol. The van der Waals surface area contributed by atoms with E-state index in [1.54, 1.807) is 4.80 Å². The Balaban J connectivity index is 1.40. The molecule has 1 aromatic heterocycles. The lowest BCUT2D eigenvalue weighted by molar-refractivity contribution is 0.121. The molecule has 0 saturated carbocycles. The van der Waals surface area contributed by atoms with Crippen LogP contribution in [0.15, 0.2) is 36.5 Å². The van der Waals surface area contributed by atoms with Crippen molar-refractivity contribution in [3.8, 4) is 5.69 Å². The molecule has 2 amide bonds. The number of nitrogens with one attached hydrogen (secondary N) is 1. The molecule has 2 aromatic rings. The Morgan fingerprint density at radius 3 is 2.88 bits per heavy atom. The number of amides is 2. The summed E-state index contributed by atoms with van der Waals surface area (Å²) in [5.74, 6) is 0. The van der Waals surface area contributed by atoms with Crippen molar-refractivity contribution in [2.24, 2.45) is 0 Å². The number of aromatic nitrogens is 3. The van der Waals surface area contributed by atoms with Gasteiger partial charge >= 0.3 is 6.03 Å². The first-order chi connectivity index (χ1) is 11.8. The van der Waals surface area contributed by atoms with Gasteiger partial charge in [0.05, 0.1) is 17.6 Å². The van der Waals surface area contributed by atoms with Crippen molar-refractivity contribution in [2.75, 3.05) is 26.2 Å². The topological polar surface area (TPSA) is 66.3 Å². The minimum Gasteiger partial charge on any atom is -0.336 e. The molecular formula is C17H22N6O. The number of nitrogens with zero attached hydrogens (tertiary/aromatic N) is 5. The Morgan fingerprint density at radius 2 is 2.08 bits per heavy atom. The van der Waals surface area contributed by atoms with E-state index < -0.39 is 0 Å². The highest BCUT2D eigenvalue weighted by Gasteiger charge is 2.31. The molecule has 126 valence electrons. The maximum Gasteiger partial charge on any atom is 0.317 e. The van der Waals surface area contributed by atoms with E-state index in [0.717, 1.165) is 56.9 Å². The van der Waals surface area contributed by atoms with Gasteiger partial charge < -0.3 is 10.2 Å². The number of carbonyl (C=O) groups is 1. The first kappa shape index (κ1) is 15.1. The van der Waals surface area contributed by atoms with Gasteiger partial charge in [0.1, 0.15) is 0 Å². The maximum atomic E-state index is 11.9. The standard InChI is InChI=1S/C17H22N6O/c24-17-18-8-10-22(17)16-7-4-9-21(13-16)12-14-11-19-23(20-14)15-5-2-1-3-6-15/h1-3,5-6,11,16H,4,7-10,12-13H2,(H,18,24)/t16-/m1/s1. The van der Waals surface area contributed by atoms with Gasteiger partial charge in [-0.1, -0.05) is 18.2 Å². The Hall–Kier alpha value is -2.41. The molecule has 0 aliphatic carbocycles. The summed E-state index contributed by atoms with van der Waals surface area (Å²) >= 11 is 0. The second-order valence-corrected chi connectivity index (χ2v) is 6.42. The molecule has 1 atom stereocenters. The predicted octanol–water partition coefficient (Wildman–Crippen LogP) is 1.26. The van der Waals surface area contributed by atoms with Gasteiger partial charge in [-0.3, -0.25) is 4.90 Å². The zero-order valence-corrected chi connectivity index (χ0v) is 13.6. The predicted molar refractivity (Wildman–Crippen MR) is 89.8 cm³/mol. The fraction of sp³-hybridized carbons (Fsp3) is 0.471. The minimum absolute atomic E-state index is 0.0804. The molecule has 1 N–H and O–H groups in total. The summed E-state index contributed by atoms with van der Waals surface area (Å²) in [4.78, 5) is 17.9. The number of para-hydroxylation sites is 1. The molecule has 24 heavy (non-hydrogen) atoms. The van der Waals surface area contributed by atoms with E-state index >= 15 is 0 Å². The summed E-state index contributed by atoms with van der Waals surface area (Å²) in [6, 6.07) is 10.3. The molecule has 0 radical (unpaired) electrons. The van der Waals surface area contributed by atoms with Crippen LogP contribution in [0.1, 0.15) is 18.5 Å². The number of carbonyl (C=O) groups excluding carboxylic acids is 1. The van der Waals surface area contributed by atoms with Crippen molar-refractivity contribution in [3.63, 3.8) is 0 Å². The van der Waals surface area contributed by atoms with Crippen molar-refractivity contribution in [1.29, 1.82) is 0 Å². The lowest BCUT2D eigenvalue weighted by atomic mass is 10.0. The van der Waals surface area contributed by atoms with Crippen LogP contribution < -0.4 is 5.32 Å². The van der Waals surface area contributed by atoms with Crippen LogP contribution in [0.25, 0.3) is 5.69 Å². The number of likely N-dealkylation sites (tertiary alicyclic amines) is 1. The molecule has 3 heterocycles. The average molecular weight is 326 g/mol. The Labute approximate surface area is 141 Å². The van der Waals surface area contributed by atoms with Crippen LogP contribution >= 0.6 is 0 Å². The van der Waals surface area contributed by atoms with Crippen molar-refractivity contribution < 1.29 is 4.79 Å². The third kappa shape index (κ3) is 3.12. The Morgan fingerprint density at radius 1 is 1.21 bits per heavy atom. The summed E-state index contributed by atoms with van der Waals surface area (Å²) in [5.41, 5.74) is 1.93. The largest absolute Gasteiger partial charge is 0.336 e. The van der Waals surface area contributed by atoms with Crippen LogP contribution in [-0.4, -0.2) is 63.0 Å². The number of rotatable bonds is 4. The van der Waals surface area contributed by atoms with Gasteiger partial charge in [0.25, 0.3) is 0 Å². The van der Waals surface area contributed by atoms with E-state index in [1.807, 2.05) is 41.4 Å². The highest BCUT2D eigenvalue weighted by molar-refractivity contribution is 5.76. The lowest BCUT2D eigenvalue weighted by Gasteiger charge is -2.36. The van der Waals surface area contributed by atoms with E-state index in [-0.39, 0.29) is 6.03 Å². The van der Waals surface area contributed by atoms with Crippen LogP contribution in [0.4, 0.5) is 4.79 Å². The fourth-order valence-corrected chi connectivity index (χ4v) is 3.55. The molecule has 0 spiro atoms. The van der Waals surface area contributed by atoms with E-state index in [4.69, 9.17) is 0 Å². The molecule has 0 bridgehead atoms. The van der Waals surface area contributed by atoms with Crippen LogP contribution in [0.2, 0.25) is 0 Å². The summed E-state index contributed by atoms with van der Waals surface area (Å²) in [6.45, 7) is 4.32. The molecule has 1 aromatic carbocycles. The van der Waals surface area contributed by atoms with Gasteiger partial charge in [0, 0.05) is 32.2 Å². The van der Waals surface area contributed by atoms with Crippen molar-refractivity contribution in [2.45, 2.75) is 25.4 Å². The lowest BCUT2D eigenvalue weighted by Crippen LogP contribution is -2.48. The van der Waals surface area contributed by atoms with Gasteiger partial charge in [-0.15, -0.1) is 0 Å². The first-order valence-electron chi connectivity index (χ1n) is 8.53. The highest BCUT2D eigenvalue weighted by atomic mass is 16.2. The van der Waals surface area contributed by atoms with E-state index in [1.165, 1.54) is 0 Å². The molecule has 2 aliphatic heterocycles. The molecule has 7 heteroatoms. The summed E-state index contributed by atoms with van der Waals surface area (Å²) in [6.07, 6.45) is 4.03. The first-order valence-corrected chi connectivity index (χ1v) is 8.53. The van der Waals surface area contributed by atoms with Gasteiger partial charge in [-0.05, 0) is 31.5 Å². The second kappa shape index (κ2) is 6.60. The van der Waals surface area contributed by atoms with E-state index in [9.17, 15) is 4.79 Å². The summed E-state index contributed by atoms with van der Waals surface area (Å²) in [7, 11) is 0. The average Bonchev–Trinajstić information content (AvgIpc) is 3.25. The number of piperidine rings is 1. The molecule has 2 saturated heterocycles. The van der Waals surface area contributed by atoms with E-state index in [2.05, 4.69) is 20.4 Å². The Kier molecular flexibility index (Phi) is 4.17. The van der Waals surface area contributed by atoms with Gasteiger partial charge in [-0.2, -0.15) is 15.0 Å². The molecule has 0 unspecified atom stereocenters. The van der Waals surface area contributed by atoms with Crippen LogP contribution in [0, 0.1) is 0 Å². The molecule has 7 nitrogen and oxygen atoms in total.